The second-order valence-corrected chi connectivity index (χ2v) is 5.48. The zero-order valence-corrected chi connectivity index (χ0v) is 14.8. The molecule has 1 atom stereocenters. The molecule has 0 saturated heterocycles. The molecule has 0 saturated carbocycles. The average Bonchev–Trinajstić information content (AvgIpc) is 2.65. The van der Waals surface area contributed by atoms with Crippen LogP contribution in [0.1, 0.15) is 28.9 Å². The first-order valence-corrected chi connectivity index (χ1v) is 7.92. The number of nitrogens with one attached hydrogen (secondary N) is 1. The molecule has 0 heterocycles. The van der Waals surface area contributed by atoms with Crippen molar-refractivity contribution in [1.29, 1.82) is 0 Å². The Bertz CT molecular complexity index is 750. The van der Waals surface area contributed by atoms with Gasteiger partial charge in [-0.15, -0.1) is 0 Å². The van der Waals surface area contributed by atoms with Crippen molar-refractivity contribution in [3.63, 3.8) is 0 Å². The van der Waals surface area contributed by atoms with Crippen LogP contribution in [0, 0.1) is 0 Å². The predicted octanol–water partition coefficient (Wildman–Crippen LogP) is 2.66. The molecule has 7 nitrogen and oxygen atoms in total. The second-order valence-electron chi connectivity index (χ2n) is 5.48. The van der Waals surface area contributed by atoms with E-state index in [0.717, 1.165) is 5.56 Å². The molecule has 7 heteroatoms. The van der Waals surface area contributed by atoms with Gasteiger partial charge in [-0.05, 0) is 36.8 Å². The zero-order valence-electron chi connectivity index (χ0n) is 14.8. The molecule has 0 aliphatic rings. The molecule has 2 aromatic rings. The number of carbonyl (C=O) groups is 2. The van der Waals surface area contributed by atoms with E-state index in [2.05, 4.69) is 5.32 Å². The van der Waals surface area contributed by atoms with Crippen LogP contribution in [0.4, 0.5) is 0 Å². The van der Waals surface area contributed by atoms with Gasteiger partial charge in [-0.3, -0.25) is 4.79 Å². The molecule has 1 unspecified atom stereocenters. The number of rotatable bonds is 8. The lowest BCUT2D eigenvalue weighted by molar-refractivity contribution is -0.139. The molecule has 0 fully saturated rings. The molecule has 1 amide bonds. The van der Waals surface area contributed by atoms with Gasteiger partial charge in [0.1, 0.15) is 22.8 Å². The summed E-state index contributed by atoms with van der Waals surface area (Å²) in [5.74, 6) is -0.0718. The number of carboxylic acids is 1. The lowest BCUT2D eigenvalue weighted by atomic mass is 10.1. The first kappa shape index (κ1) is 19.1. The van der Waals surface area contributed by atoms with Gasteiger partial charge in [0.15, 0.2) is 6.61 Å². The zero-order chi connectivity index (χ0) is 19.1. The number of aliphatic carboxylic acids is 1. The normalized spacial score (nSPS) is 11.3. The van der Waals surface area contributed by atoms with Gasteiger partial charge in [0.2, 0.25) is 0 Å². The molecule has 0 aliphatic heterocycles. The minimum Gasteiger partial charge on any atom is -0.496 e. The Morgan fingerprint density at radius 2 is 1.62 bits per heavy atom. The quantitative estimate of drug-likeness (QED) is 0.753. The van der Waals surface area contributed by atoms with E-state index >= 15 is 0 Å². The van der Waals surface area contributed by atoms with Gasteiger partial charge in [0.25, 0.3) is 5.91 Å². The van der Waals surface area contributed by atoms with Crippen LogP contribution in [0.5, 0.6) is 17.2 Å². The molecule has 2 N–H and O–H groups in total. The fourth-order valence-corrected chi connectivity index (χ4v) is 2.42. The van der Waals surface area contributed by atoms with Crippen LogP contribution in [0.2, 0.25) is 0 Å². The summed E-state index contributed by atoms with van der Waals surface area (Å²) in [6.45, 7) is 1.44. The van der Waals surface area contributed by atoms with E-state index in [1.165, 1.54) is 14.2 Å². The summed E-state index contributed by atoms with van der Waals surface area (Å²) < 4.78 is 15.6. The van der Waals surface area contributed by atoms with Crippen LogP contribution < -0.4 is 19.5 Å². The molecule has 26 heavy (non-hydrogen) atoms. The lowest BCUT2D eigenvalue weighted by Gasteiger charge is -2.17. The largest absolute Gasteiger partial charge is 0.496 e. The highest BCUT2D eigenvalue weighted by Crippen LogP contribution is 2.29. The highest BCUT2D eigenvalue weighted by Gasteiger charge is 2.20. The summed E-state index contributed by atoms with van der Waals surface area (Å²) in [5.41, 5.74) is 1.17. The Labute approximate surface area is 151 Å². The molecule has 2 rings (SSSR count). The van der Waals surface area contributed by atoms with Crippen molar-refractivity contribution in [3.8, 4) is 17.2 Å². The maximum atomic E-state index is 12.7. The molecule has 0 aliphatic carbocycles. The maximum Gasteiger partial charge on any atom is 0.341 e. The van der Waals surface area contributed by atoms with Gasteiger partial charge < -0.3 is 24.6 Å². The monoisotopic (exact) mass is 359 g/mol. The Morgan fingerprint density at radius 3 is 2.12 bits per heavy atom. The third-order valence-electron chi connectivity index (χ3n) is 3.74. The van der Waals surface area contributed by atoms with E-state index in [1.807, 2.05) is 6.92 Å². The van der Waals surface area contributed by atoms with Gasteiger partial charge >= 0.3 is 5.97 Å². The van der Waals surface area contributed by atoms with Crippen molar-refractivity contribution in [3.05, 3.63) is 53.6 Å². The SMILES string of the molecule is COc1cccc(OC)c1C(=O)NC(C)c1ccc(OCC(=O)O)cc1. The number of hydrogen-bond donors (Lipinski definition) is 2. The number of ether oxygens (including phenoxy) is 3. The second kappa shape index (κ2) is 8.75. The number of hydrogen-bond acceptors (Lipinski definition) is 5. The van der Waals surface area contributed by atoms with Crippen LogP contribution in [-0.4, -0.2) is 37.8 Å². The molecule has 0 spiro atoms. The minimum absolute atomic E-state index is 0.286. The third kappa shape index (κ3) is 4.66. The molecule has 0 bridgehead atoms. The standard InChI is InChI=1S/C19H21NO6/c1-12(13-7-9-14(10-8-13)26-11-17(21)22)20-19(23)18-15(24-2)5-4-6-16(18)25-3/h4-10,12H,11H2,1-3H3,(H,20,23)(H,21,22). The molecular formula is C19H21NO6. The minimum atomic E-state index is -1.04. The van der Waals surface area contributed by atoms with E-state index in [4.69, 9.17) is 19.3 Å². The summed E-state index contributed by atoms with van der Waals surface area (Å²) in [5, 5.41) is 11.5. The van der Waals surface area contributed by atoms with Gasteiger partial charge in [0, 0.05) is 0 Å². The number of amides is 1. The van der Waals surface area contributed by atoms with Gasteiger partial charge in [0.05, 0.1) is 20.3 Å². The average molecular weight is 359 g/mol. The van der Waals surface area contributed by atoms with E-state index < -0.39 is 12.6 Å². The van der Waals surface area contributed by atoms with Crippen LogP contribution >= 0.6 is 0 Å². The Balaban J connectivity index is 2.11. The van der Waals surface area contributed by atoms with E-state index in [0.29, 0.717) is 22.8 Å². The summed E-state index contributed by atoms with van der Waals surface area (Å²) >= 11 is 0. The summed E-state index contributed by atoms with van der Waals surface area (Å²) in [4.78, 5) is 23.2. The molecule has 138 valence electrons. The Kier molecular flexibility index (Phi) is 6.43. The van der Waals surface area contributed by atoms with E-state index in [9.17, 15) is 9.59 Å². The maximum absolute atomic E-state index is 12.7. The molecule has 0 aromatic heterocycles. The van der Waals surface area contributed by atoms with Crippen molar-refractivity contribution in [2.24, 2.45) is 0 Å². The van der Waals surface area contributed by atoms with Crippen LogP contribution in [-0.2, 0) is 4.79 Å². The van der Waals surface area contributed by atoms with Crippen LogP contribution in [0.3, 0.4) is 0 Å². The van der Waals surface area contributed by atoms with Crippen molar-refractivity contribution >= 4 is 11.9 Å². The first-order valence-electron chi connectivity index (χ1n) is 7.92. The smallest absolute Gasteiger partial charge is 0.341 e. The highest BCUT2D eigenvalue weighted by atomic mass is 16.5. The van der Waals surface area contributed by atoms with Gasteiger partial charge in [-0.1, -0.05) is 18.2 Å². The number of methoxy groups -OCH3 is 2. The highest BCUT2D eigenvalue weighted by molar-refractivity contribution is 5.99. The Morgan fingerprint density at radius 1 is 1.04 bits per heavy atom. The Hall–Kier alpha value is -3.22. The van der Waals surface area contributed by atoms with E-state index in [1.54, 1.807) is 42.5 Å². The number of benzene rings is 2. The first-order chi connectivity index (χ1) is 12.5. The van der Waals surface area contributed by atoms with Gasteiger partial charge in [-0.2, -0.15) is 0 Å². The van der Waals surface area contributed by atoms with Crippen LogP contribution in [0.25, 0.3) is 0 Å². The summed E-state index contributed by atoms with van der Waals surface area (Å²) in [7, 11) is 2.98. The van der Waals surface area contributed by atoms with Crippen molar-refractivity contribution in [2.45, 2.75) is 13.0 Å². The third-order valence-corrected chi connectivity index (χ3v) is 3.74. The summed E-state index contributed by atoms with van der Waals surface area (Å²) in [6, 6.07) is 11.7. The number of carbonyl (C=O) groups excluding carboxylic acids is 1. The molecule has 0 radical (unpaired) electrons. The molecule has 2 aromatic carbocycles. The number of carboxylic acid groups (broad SMARTS) is 1. The van der Waals surface area contributed by atoms with Gasteiger partial charge in [-0.25, -0.2) is 4.79 Å². The summed E-state index contributed by atoms with van der Waals surface area (Å²) in [6.07, 6.45) is 0. The predicted molar refractivity (Wildman–Crippen MR) is 95.0 cm³/mol. The molecular weight excluding hydrogens is 338 g/mol. The topological polar surface area (TPSA) is 94.1 Å². The fraction of sp³-hybridized carbons (Fsp3) is 0.263. The lowest BCUT2D eigenvalue weighted by Crippen LogP contribution is -2.27. The van der Waals surface area contributed by atoms with Crippen LogP contribution in [0.15, 0.2) is 42.5 Å². The van der Waals surface area contributed by atoms with Crippen molar-refractivity contribution in [2.75, 3.05) is 20.8 Å². The van der Waals surface area contributed by atoms with Crippen molar-refractivity contribution in [1.82, 2.24) is 5.32 Å². The fourth-order valence-electron chi connectivity index (χ4n) is 2.42. The van der Waals surface area contributed by atoms with Crippen molar-refractivity contribution < 1.29 is 28.9 Å². The van der Waals surface area contributed by atoms with E-state index in [-0.39, 0.29) is 11.9 Å².